The number of hydrogen-bond acceptors (Lipinski definition) is 6. The molecule has 132 valence electrons. The minimum absolute atomic E-state index is 0.181. The third-order valence-corrected chi connectivity index (χ3v) is 4.33. The maximum absolute atomic E-state index is 12.4. The van der Waals surface area contributed by atoms with E-state index < -0.39 is 5.97 Å². The van der Waals surface area contributed by atoms with Crippen molar-refractivity contribution in [1.82, 2.24) is 4.98 Å². The van der Waals surface area contributed by atoms with Gasteiger partial charge in [0.05, 0.1) is 6.61 Å². The predicted octanol–water partition coefficient (Wildman–Crippen LogP) is 4.32. The van der Waals surface area contributed by atoms with E-state index >= 15 is 0 Å². The fourth-order valence-electron chi connectivity index (χ4n) is 2.21. The van der Waals surface area contributed by atoms with Crippen LogP contribution in [0.2, 0.25) is 0 Å². The van der Waals surface area contributed by atoms with Crippen LogP contribution >= 0.6 is 11.3 Å². The Kier molecular flexibility index (Phi) is 5.60. The van der Waals surface area contributed by atoms with Crippen LogP contribution < -0.4 is 10.6 Å². The molecule has 1 amide bonds. The molecule has 1 aromatic heterocycles. The normalized spacial score (nSPS) is 10.2. The van der Waals surface area contributed by atoms with Crippen molar-refractivity contribution < 1.29 is 14.3 Å². The van der Waals surface area contributed by atoms with Crippen LogP contribution in [0.1, 0.15) is 27.0 Å². The van der Waals surface area contributed by atoms with Crippen molar-refractivity contribution in [2.45, 2.75) is 6.92 Å². The minimum Gasteiger partial charge on any atom is -0.462 e. The first kappa shape index (κ1) is 17.6. The first-order valence-corrected chi connectivity index (χ1v) is 8.85. The molecule has 7 heteroatoms. The fourth-order valence-corrected chi connectivity index (χ4v) is 3.04. The number of anilines is 3. The number of ether oxygens (including phenoxy) is 1. The standard InChI is InChI=1S/C19H17N3O3S/c1-2-25-18(24)15-16(21-17(23)13-9-5-3-6-10-13)22-19(26-15)20-14-11-7-4-8-12-14/h3-12H,2H2,1H3,(H,20,22)(H,21,23). The molecule has 26 heavy (non-hydrogen) atoms. The lowest BCUT2D eigenvalue weighted by Crippen LogP contribution is -2.15. The number of carbonyl (C=O) groups is 2. The maximum atomic E-state index is 12.4. The smallest absolute Gasteiger partial charge is 0.352 e. The van der Waals surface area contributed by atoms with Crippen molar-refractivity contribution in [2.24, 2.45) is 0 Å². The number of nitrogens with zero attached hydrogens (tertiary/aromatic N) is 1. The molecule has 0 saturated carbocycles. The lowest BCUT2D eigenvalue weighted by molar-refractivity contribution is 0.0533. The van der Waals surface area contributed by atoms with Gasteiger partial charge in [0.1, 0.15) is 0 Å². The highest BCUT2D eigenvalue weighted by Gasteiger charge is 2.21. The molecule has 0 radical (unpaired) electrons. The average molecular weight is 367 g/mol. The van der Waals surface area contributed by atoms with E-state index in [4.69, 9.17) is 4.74 Å². The fraction of sp³-hybridized carbons (Fsp3) is 0.105. The molecular formula is C19H17N3O3S. The van der Waals surface area contributed by atoms with Gasteiger partial charge in [-0.2, -0.15) is 0 Å². The molecule has 2 N–H and O–H groups in total. The topological polar surface area (TPSA) is 80.3 Å². The molecule has 0 saturated heterocycles. The first-order valence-electron chi connectivity index (χ1n) is 8.03. The molecule has 0 unspecified atom stereocenters. The van der Waals surface area contributed by atoms with Crippen LogP contribution in [0.3, 0.4) is 0 Å². The number of para-hydroxylation sites is 1. The van der Waals surface area contributed by atoms with Gasteiger partial charge in [0.15, 0.2) is 15.8 Å². The highest BCUT2D eigenvalue weighted by atomic mass is 32.1. The number of esters is 1. The lowest BCUT2D eigenvalue weighted by Gasteiger charge is -2.04. The van der Waals surface area contributed by atoms with Gasteiger partial charge in [-0.05, 0) is 31.2 Å². The van der Waals surface area contributed by atoms with Gasteiger partial charge in [-0.25, -0.2) is 9.78 Å². The van der Waals surface area contributed by atoms with Gasteiger partial charge in [0.25, 0.3) is 5.91 Å². The van der Waals surface area contributed by atoms with Crippen LogP contribution in [-0.4, -0.2) is 23.5 Å². The zero-order valence-electron chi connectivity index (χ0n) is 14.1. The third kappa shape index (κ3) is 4.25. The summed E-state index contributed by atoms with van der Waals surface area (Å²) in [5.41, 5.74) is 1.31. The molecule has 6 nitrogen and oxygen atoms in total. The molecule has 0 aliphatic heterocycles. The molecule has 0 spiro atoms. The van der Waals surface area contributed by atoms with E-state index in [9.17, 15) is 9.59 Å². The number of carbonyl (C=O) groups excluding carboxylic acids is 2. The Labute approximate surface area is 154 Å². The highest BCUT2D eigenvalue weighted by Crippen LogP contribution is 2.30. The number of benzene rings is 2. The molecule has 0 aliphatic rings. The SMILES string of the molecule is CCOC(=O)c1sc(Nc2ccccc2)nc1NC(=O)c1ccccc1. The summed E-state index contributed by atoms with van der Waals surface area (Å²) in [6, 6.07) is 18.2. The summed E-state index contributed by atoms with van der Waals surface area (Å²) in [6.07, 6.45) is 0. The van der Waals surface area contributed by atoms with Gasteiger partial charge < -0.3 is 15.4 Å². The van der Waals surface area contributed by atoms with Crippen molar-refractivity contribution in [3.63, 3.8) is 0 Å². The lowest BCUT2D eigenvalue weighted by atomic mass is 10.2. The Morgan fingerprint density at radius 2 is 1.69 bits per heavy atom. The second-order valence-electron chi connectivity index (χ2n) is 5.23. The summed E-state index contributed by atoms with van der Waals surface area (Å²) in [4.78, 5) is 29.2. The molecule has 3 rings (SSSR count). The molecule has 0 bridgehead atoms. The van der Waals surface area contributed by atoms with Gasteiger partial charge in [0, 0.05) is 11.3 Å². The quantitative estimate of drug-likeness (QED) is 0.635. The molecule has 2 aromatic carbocycles. The van der Waals surface area contributed by atoms with E-state index in [1.165, 1.54) is 0 Å². The van der Waals surface area contributed by atoms with Crippen LogP contribution in [0.15, 0.2) is 60.7 Å². The summed E-state index contributed by atoms with van der Waals surface area (Å²) in [7, 11) is 0. The molecular weight excluding hydrogens is 350 g/mol. The molecule has 0 atom stereocenters. The molecule has 1 heterocycles. The molecule has 0 aliphatic carbocycles. The monoisotopic (exact) mass is 367 g/mol. The number of aromatic nitrogens is 1. The highest BCUT2D eigenvalue weighted by molar-refractivity contribution is 7.18. The predicted molar refractivity (Wildman–Crippen MR) is 102 cm³/mol. The second-order valence-corrected chi connectivity index (χ2v) is 6.23. The average Bonchev–Trinajstić information content (AvgIpc) is 3.05. The van der Waals surface area contributed by atoms with E-state index in [1.54, 1.807) is 31.2 Å². The maximum Gasteiger partial charge on any atom is 0.352 e. The largest absolute Gasteiger partial charge is 0.462 e. The van der Waals surface area contributed by atoms with Gasteiger partial charge in [-0.1, -0.05) is 47.7 Å². The Hall–Kier alpha value is -3.19. The number of hydrogen-bond donors (Lipinski definition) is 2. The third-order valence-electron chi connectivity index (χ3n) is 3.38. The summed E-state index contributed by atoms with van der Waals surface area (Å²) < 4.78 is 5.07. The Morgan fingerprint density at radius 1 is 1.04 bits per heavy atom. The van der Waals surface area contributed by atoms with E-state index in [2.05, 4.69) is 15.6 Å². The minimum atomic E-state index is -0.519. The van der Waals surface area contributed by atoms with Crippen molar-refractivity contribution in [1.29, 1.82) is 0 Å². The van der Waals surface area contributed by atoms with E-state index in [0.29, 0.717) is 10.7 Å². The van der Waals surface area contributed by atoms with Crippen molar-refractivity contribution >= 4 is 39.9 Å². The Bertz CT molecular complexity index is 895. The summed E-state index contributed by atoms with van der Waals surface area (Å²) >= 11 is 1.13. The van der Waals surface area contributed by atoms with Gasteiger partial charge in [-0.15, -0.1) is 0 Å². The molecule has 3 aromatic rings. The van der Waals surface area contributed by atoms with Crippen LogP contribution in [0, 0.1) is 0 Å². The van der Waals surface area contributed by atoms with E-state index in [1.807, 2.05) is 36.4 Å². The molecule has 0 fully saturated rings. The van der Waals surface area contributed by atoms with Crippen molar-refractivity contribution in [3.05, 3.63) is 71.1 Å². The van der Waals surface area contributed by atoms with Crippen LogP contribution in [-0.2, 0) is 4.74 Å². The van der Waals surface area contributed by atoms with Crippen molar-refractivity contribution in [2.75, 3.05) is 17.2 Å². The van der Waals surface area contributed by atoms with Gasteiger partial charge in [0.2, 0.25) is 0 Å². The summed E-state index contributed by atoms with van der Waals surface area (Å²) in [5, 5.41) is 6.30. The first-order chi connectivity index (χ1) is 12.7. The van der Waals surface area contributed by atoms with Crippen LogP contribution in [0.25, 0.3) is 0 Å². The van der Waals surface area contributed by atoms with E-state index in [-0.39, 0.29) is 23.2 Å². The van der Waals surface area contributed by atoms with Crippen LogP contribution in [0.5, 0.6) is 0 Å². The number of rotatable bonds is 6. The number of amides is 1. The second kappa shape index (κ2) is 8.26. The number of nitrogens with one attached hydrogen (secondary N) is 2. The Morgan fingerprint density at radius 3 is 2.35 bits per heavy atom. The van der Waals surface area contributed by atoms with E-state index in [0.717, 1.165) is 17.0 Å². The number of thiazole rings is 1. The Balaban J connectivity index is 1.86. The van der Waals surface area contributed by atoms with Crippen LogP contribution in [0.4, 0.5) is 16.6 Å². The van der Waals surface area contributed by atoms with Gasteiger partial charge in [-0.3, -0.25) is 4.79 Å². The zero-order chi connectivity index (χ0) is 18.4. The van der Waals surface area contributed by atoms with Gasteiger partial charge >= 0.3 is 5.97 Å². The zero-order valence-corrected chi connectivity index (χ0v) is 14.9. The summed E-state index contributed by atoms with van der Waals surface area (Å²) in [5.74, 6) is -0.678. The van der Waals surface area contributed by atoms with Crippen molar-refractivity contribution in [3.8, 4) is 0 Å². The summed E-state index contributed by atoms with van der Waals surface area (Å²) in [6.45, 7) is 1.97.